The first-order valence-corrected chi connectivity index (χ1v) is 9.97. The molecular formula is C22H25N3O3. The molecule has 1 saturated heterocycles. The molecule has 0 spiro atoms. The predicted molar refractivity (Wildman–Crippen MR) is 106 cm³/mol. The molecule has 6 heteroatoms. The molecule has 3 heterocycles. The monoisotopic (exact) mass is 379 g/mol. The highest BCUT2D eigenvalue weighted by Gasteiger charge is 2.30. The van der Waals surface area contributed by atoms with Gasteiger partial charge < -0.3 is 15.0 Å². The second-order valence-electron chi connectivity index (χ2n) is 7.40. The summed E-state index contributed by atoms with van der Waals surface area (Å²) in [6, 6.07) is 11.3. The van der Waals surface area contributed by atoms with Crippen LogP contribution in [0.3, 0.4) is 0 Å². The summed E-state index contributed by atoms with van der Waals surface area (Å²) in [6.07, 6.45) is 6.42. The summed E-state index contributed by atoms with van der Waals surface area (Å²) in [7, 11) is 0. The number of cyclic esters (lactones) is 1. The number of fused-ring (bicyclic) bond motifs is 1. The Morgan fingerprint density at radius 3 is 2.64 bits per heavy atom. The largest absolute Gasteiger partial charge is 0.448 e. The van der Waals surface area contributed by atoms with E-state index in [1.165, 1.54) is 25.7 Å². The van der Waals surface area contributed by atoms with Gasteiger partial charge in [-0.05, 0) is 36.1 Å². The van der Waals surface area contributed by atoms with Crippen LogP contribution in [0.2, 0.25) is 0 Å². The van der Waals surface area contributed by atoms with Crippen LogP contribution in [0.4, 0.5) is 5.82 Å². The second-order valence-corrected chi connectivity index (χ2v) is 7.40. The van der Waals surface area contributed by atoms with E-state index in [-0.39, 0.29) is 5.91 Å². The zero-order valence-corrected chi connectivity index (χ0v) is 15.9. The van der Waals surface area contributed by atoms with Crippen molar-refractivity contribution in [3.05, 3.63) is 59.3 Å². The molecule has 4 rings (SSSR count). The number of amides is 1. The number of esters is 1. The van der Waals surface area contributed by atoms with Gasteiger partial charge in [0.05, 0.1) is 5.56 Å². The lowest BCUT2D eigenvalue weighted by Crippen LogP contribution is -2.41. The first-order valence-electron chi connectivity index (χ1n) is 9.97. The van der Waals surface area contributed by atoms with Gasteiger partial charge in [0, 0.05) is 32.3 Å². The lowest BCUT2D eigenvalue weighted by atomic mass is 9.98. The number of carbonyl (C=O) groups is 2. The molecule has 1 aromatic carbocycles. The summed E-state index contributed by atoms with van der Waals surface area (Å²) in [5.74, 6) is 0.278. The lowest BCUT2D eigenvalue weighted by Gasteiger charge is -2.24. The SMILES string of the molecule is O=C1O[C@@H](C(=O)NCc2ccc(N3CCCCCC3)nc2)Cc2ccccc21. The highest BCUT2D eigenvalue weighted by atomic mass is 16.5. The minimum atomic E-state index is -0.785. The fourth-order valence-electron chi connectivity index (χ4n) is 3.79. The lowest BCUT2D eigenvalue weighted by molar-refractivity contribution is -0.130. The highest BCUT2D eigenvalue weighted by Crippen LogP contribution is 2.21. The van der Waals surface area contributed by atoms with Crippen LogP contribution in [0.15, 0.2) is 42.6 Å². The quantitative estimate of drug-likeness (QED) is 0.827. The van der Waals surface area contributed by atoms with Crippen LogP contribution in [-0.4, -0.2) is 36.1 Å². The normalized spacial score (nSPS) is 19.4. The molecule has 0 bridgehead atoms. The van der Waals surface area contributed by atoms with Crippen molar-refractivity contribution in [3.63, 3.8) is 0 Å². The van der Waals surface area contributed by atoms with E-state index in [4.69, 9.17) is 4.74 Å². The van der Waals surface area contributed by atoms with Crippen molar-refractivity contribution < 1.29 is 14.3 Å². The van der Waals surface area contributed by atoms with Gasteiger partial charge >= 0.3 is 5.97 Å². The molecule has 2 aliphatic heterocycles. The summed E-state index contributed by atoms with van der Waals surface area (Å²) >= 11 is 0. The Morgan fingerprint density at radius 1 is 1.11 bits per heavy atom. The van der Waals surface area contributed by atoms with Gasteiger partial charge in [-0.25, -0.2) is 9.78 Å². The number of nitrogens with one attached hydrogen (secondary N) is 1. The Hall–Kier alpha value is -2.89. The van der Waals surface area contributed by atoms with Gasteiger partial charge in [0.25, 0.3) is 5.91 Å². The topological polar surface area (TPSA) is 71.5 Å². The van der Waals surface area contributed by atoms with Crippen molar-refractivity contribution in [2.45, 2.75) is 44.8 Å². The third kappa shape index (κ3) is 4.16. The molecule has 0 radical (unpaired) electrons. The summed E-state index contributed by atoms with van der Waals surface area (Å²) in [5.41, 5.74) is 2.32. The molecule has 0 unspecified atom stereocenters. The number of hydrogen-bond donors (Lipinski definition) is 1. The van der Waals surface area contributed by atoms with Gasteiger partial charge in [0.2, 0.25) is 0 Å². The summed E-state index contributed by atoms with van der Waals surface area (Å²) in [5, 5.41) is 2.86. The molecule has 0 saturated carbocycles. The number of benzene rings is 1. The number of rotatable bonds is 4. The van der Waals surface area contributed by atoms with Crippen molar-refractivity contribution in [1.82, 2.24) is 10.3 Å². The van der Waals surface area contributed by atoms with E-state index in [9.17, 15) is 9.59 Å². The molecule has 1 atom stereocenters. The fourth-order valence-corrected chi connectivity index (χ4v) is 3.79. The predicted octanol–water partition coefficient (Wildman–Crippen LogP) is 2.86. The average molecular weight is 379 g/mol. The number of nitrogens with zero attached hydrogens (tertiary/aromatic N) is 2. The molecule has 1 N–H and O–H groups in total. The number of carbonyl (C=O) groups excluding carboxylic acids is 2. The molecule has 146 valence electrons. The molecular weight excluding hydrogens is 354 g/mol. The zero-order chi connectivity index (χ0) is 19.3. The Labute approximate surface area is 164 Å². The summed E-state index contributed by atoms with van der Waals surface area (Å²) in [4.78, 5) is 31.4. The number of ether oxygens (including phenoxy) is 1. The molecule has 0 aliphatic carbocycles. The first-order chi connectivity index (χ1) is 13.7. The van der Waals surface area contributed by atoms with Crippen molar-refractivity contribution in [2.75, 3.05) is 18.0 Å². The van der Waals surface area contributed by atoms with Crippen LogP contribution in [-0.2, 0) is 22.5 Å². The maximum Gasteiger partial charge on any atom is 0.339 e. The van der Waals surface area contributed by atoms with E-state index in [0.29, 0.717) is 18.5 Å². The summed E-state index contributed by atoms with van der Waals surface area (Å²) in [6.45, 7) is 2.47. The van der Waals surface area contributed by atoms with Gasteiger partial charge in [-0.15, -0.1) is 0 Å². The van der Waals surface area contributed by atoms with Crippen LogP contribution >= 0.6 is 0 Å². The maximum absolute atomic E-state index is 12.5. The Kier molecular flexibility index (Phi) is 5.55. The Balaban J connectivity index is 1.33. The van der Waals surface area contributed by atoms with Crippen molar-refractivity contribution in [2.24, 2.45) is 0 Å². The molecule has 2 aromatic rings. The third-order valence-corrected chi connectivity index (χ3v) is 5.39. The van der Waals surface area contributed by atoms with E-state index in [1.54, 1.807) is 12.1 Å². The fraction of sp³-hybridized carbons (Fsp3) is 0.409. The van der Waals surface area contributed by atoms with Crippen LogP contribution < -0.4 is 10.2 Å². The van der Waals surface area contributed by atoms with Gasteiger partial charge in [-0.1, -0.05) is 37.1 Å². The first kappa shape index (κ1) is 18.5. The molecule has 28 heavy (non-hydrogen) atoms. The third-order valence-electron chi connectivity index (χ3n) is 5.39. The maximum atomic E-state index is 12.5. The van der Waals surface area contributed by atoms with Crippen LogP contribution in [0.1, 0.15) is 47.2 Å². The van der Waals surface area contributed by atoms with Crippen LogP contribution in [0.25, 0.3) is 0 Å². The molecule has 2 aliphatic rings. The van der Waals surface area contributed by atoms with E-state index in [2.05, 4.69) is 15.2 Å². The molecule has 1 amide bonds. The standard InChI is InChI=1S/C22H25N3O3/c26-21(19-13-17-7-3-4-8-18(17)22(27)28-19)24-15-16-9-10-20(23-14-16)25-11-5-1-2-6-12-25/h3-4,7-10,14,19H,1-2,5-6,11-13,15H2,(H,24,26)/t19-/m1/s1. The highest BCUT2D eigenvalue weighted by molar-refractivity contribution is 5.95. The van der Waals surface area contributed by atoms with Crippen LogP contribution in [0, 0.1) is 0 Å². The molecule has 1 fully saturated rings. The van der Waals surface area contributed by atoms with Gasteiger partial charge in [0.15, 0.2) is 6.10 Å². The summed E-state index contributed by atoms with van der Waals surface area (Å²) < 4.78 is 5.30. The second kappa shape index (κ2) is 8.42. The van der Waals surface area contributed by atoms with E-state index in [0.717, 1.165) is 30.0 Å². The van der Waals surface area contributed by atoms with Crippen LogP contribution in [0.5, 0.6) is 0 Å². The van der Waals surface area contributed by atoms with Crippen molar-refractivity contribution >= 4 is 17.7 Å². The van der Waals surface area contributed by atoms with Gasteiger partial charge in [-0.3, -0.25) is 4.79 Å². The minimum Gasteiger partial charge on any atom is -0.448 e. The van der Waals surface area contributed by atoms with E-state index < -0.39 is 12.1 Å². The minimum absolute atomic E-state index is 0.278. The molecule has 1 aromatic heterocycles. The average Bonchev–Trinajstić information content (AvgIpc) is 3.02. The smallest absolute Gasteiger partial charge is 0.339 e. The number of pyridine rings is 1. The van der Waals surface area contributed by atoms with Gasteiger partial charge in [-0.2, -0.15) is 0 Å². The number of aromatic nitrogens is 1. The number of anilines is 1. The van der Waals surface area contributed by atoms with Gasteiger partial charge in [0.1, 0.15) is 5.82 Å². The zero-order valence-electron chi connectivity index (χ0n) is 15.9. The Bertz CT molecular complexity index is 842. The van der Waals surface area contributed by atoms with Crippen molar-refractivity contribution in [1.29, 1.82) is 0 Å². The van der Waals surface area contributed by atoms with E-state index >= 15 is 0 Å². The van der Waals surface area contributed by atoms with E-state index in [1.807, 2.05) is 30.5 Å². The molecule has 6 nitrogen and oxygen atoms in total. The Morgan fingerprint density at radius 2 is 1.89 bits per heavy atom. The number of hydrogen-bond acceptors (Lipinski definition) is 5. The van der Waals surface area contributed by atoms with Crippen molar-refractivity contribution in [3.8, 4) is 0 Å².